The molecule has 0 saturated carbocycles. The van der Waals surface area contributed by atoms with Crippen molar-refractivity contribution < 1.29 is 0 Å². The Bertz CT molecular complexity index is 547. The number of rotatable bonds is 4. The summed E-state index contributed by atoms with van der Waals surface area (Å²) in [6.07, 6.45) is 9.21. The van der Waals surface area contributed by atoms with Crippen molar-refractivity contribution in [3.05, 3.63) is 30.4 Å². The maximum atomic E-state index is 4.32. The van der Waals surface area contributed by atoms with E-state index in [2.05, 4.69) is 27.2 Å². The van der Waals surface area contributed by atoms with Gasteiger partial charge >= 0.3 is 0 Å². The van der Waals surface area contributed by atoms with Gasteiger partial charge in [0.2, 0.25) is 0 Å². The van der Waals surface area contributed by atoms with Gasteiger partial charge in [-0.05, 0) is 20.4 Å². The van der Waals surface area contributed by atoms with Crippen molar-refractivity contribution in [3.63, 3.8) is 0 Å². The summed E-state index contributed by atoms with van der Waals surface area (Å²) in [5.74, 6) is 6.01. The first-order valence-corrected chi connectivity index (χ1v) is 5.71. The first-order valence-electron chi connectivity index (χ1n) is 5.71. The molecule has 4 nitrogen and oxygen atoms in total. The molecule has 2 aromatic heterocycles. The fraction of sp³-hybridized carbons (Fsp3) is 0.385. The summed E-state index contributed by atoms with van der Waals surface area (Å²) in [6, 6.07) is 0.276. The third-order valence-corrected chi connectivity index (χ3v) is 2.81. The van der Waals surface area contributed by atoms with Crippen LogP contribution in [0.4, 0.5) is 0 Å². The topological polar surface area (TPSA) is 42.2 Å². The van der Waals surface area contributed by atoms with Crippen LogP contribution < -0.4 is 5.32 Å². The van der Waals surface area contributed by atoms with Gasteiger partial charge in [0.05, 0.1) is 17.9 Å². The van der Waals surface area contributed by atoms with Crippen LogP contribution in [0, 0.1) is 11.8 Å². The fourth-order valence-corrected chi connectivity index (χ4v) is 1.92. The van der Waals surface area contributed by atoms with Gasteiger partial charge in [-0.3, -0.25) is 4.98 Å². The lowest BCUT2D eigenvalue weighted by atomic mass is 10.0. The summed E-state index contributed by atoms with van der Waals surface area (Å²) in [5, 5.41) is 7.62. The zero-order chi connectivity index (χ0) is 12.1. The summed E-state index contributed by atoms with van der Waals surface area (Å²) in [4.78, 5) is 4.14. The summed E-state index contributed by atoms with van der Waals surface area (Å²) < 4.78 is 1.85. The van der Waals surface area contributed by atoms with Crippen LogP contribution in [-0.4, -0.2) is 21.6 Å². The molecular weight excluding hydrogens is 212 g/mol. The van der Waals surface area contributed by atoms with Crippen LogP contribution in [0.1, 0.15) is 31.4 Å². The number of nitrogens with zero attached hydrogens (tertiary/aromatic N) is 3. The first-order chi connectivity index (χ1) is 8.36. The number of nitrogens with one attached hydrogen (secondary N) is 1. The lowest BCUT2D eigenvalue weighted by molar-refractivity contribution is 0.562. The average Bonchev–Trinajstić information content (AvgIpc) is 2.79. The second kappa shape index (κ2) is 5.46. The molecule has 1 N–H and O–H groups in total. The van der Waals surface area contributed by atoms with Crippen molar-refractivity contribution in [2.45, 2.75) is 25.8 Å². The molecule has 0 aliphatic rings. The molecule has 0 bridgehead atoms. The maximum absolute atomic E-state index is 4.32. The normalized spacial score (nSPS) is 12.1. The van der Waals surface area contributed by atoms with Crippen LogP contribution in [0.25, 0.3) is 5.52 Å². The van der Waals surface area contributed by atoms with Crippen molar-refractivity contribution in [2.75, 3.05) is 7.05 Å². The largest absolute Gasteiger partial charge is 0.313 e. The Hall–Kier alpha value is -1.86. The maximum Gasteiger partial charge on any atom is 0.0892 e. The van der Waals surface area contributed by atoms with Crippen molar-refractivity contribution in [2.24, 2.45) is 0 Å². The number of hydrogen-bond donors (Lipinski definition) is 1. The van der Waals surface area contributed by atoms with E-state index < -0.39 is 0 Å². The summed E-state index contributed by atoms with van der Waals surface area (Å²) >= 11 is 0. The molecule has 2 rings (SSSR count). The predicted molar refractivity (Wildman–Crippen MR) is 67.5 cm³/mol. The van der Waals surface area contributed by atoms with Gasteiger partial charge in [0.15, 0.2) is 0 Å². The number of fused-ring (bicyclic) bond motifs is 1. The van der Waals surface area contributed by atoms with E-state index in [1.165, 1.54) is 5.56 Å². The Balaban J connectivity index is 2.25. The molecule has 2 heterocycles. The van der Waals surface area contributed by atoms with Gasteiger partial charge in [-0.15, -0.1) is 11.8 Å². The Morgan fingerprint density at radius 3 is 3.12 bits per heavy atom. The lowest BCUT2D eigenvalue weighted by Gasteiger charge is -2.13. The molecule has 0 aromatic carbocycles. The van der Waals surface area contributed by atoms with E-state index in [0.29, 0.717) is 0 Å². The molecule has 1 unspecified atom stereocenters. The summed E-state index contributed by atoms with van der Waals surface area (Å²) in [7, 11) is 1.96. The van der Waals surface area contributed by atoms with Crippen LogP contribution in [-0.2, 0) is 0 Å². The number of hydrogen-bond acceptors (Lipinski definition) is 3. The van der Waals surface area contributed by atoms with E-state index in [1.807, 2.05) is 37.1 Å². The van der Waals surface area contributed by atoms with Gasteiger partial charge in [-0.25, -0.2) is 4.52 Å². The second-order valence-corrected chi connectivity index (χ2v) is 3.81. The molecule has 88 valence electrons. The molecule has 0 radical (unpaired) electrons. The van der Waals surface area contributed by atoms with E-state index in [0.717, 1.165) is 18.4 Å². The lowest BCUT2D eigenvalue weighted by Crippen LogP contribution is -2.15. The molecule has 0 aliphatic heterocycles. The summed E-state index contributed by atoms with van der Waals surface area (Å²) in [5.41, 5.74) is 2.23. The smallest absolute Gasteiger partial charge is 0.0892 e. The van der Waals surface area contributed by atoms with Gasteiger partial charge in [0.1, 0.15) is 0 Å². The molecule has 17 heavy (non-hydrogen) atoms. The van der Waals surface area contributed by atoms with E-state index in [-0.39, 0.29) is 6.04 Å². The predicted octanol–water partition coefficient (Wildman–Crippen LogP) is 1.79. The minimum atomic E-state index is 0.276. The van der Waals surface area contributed by atoms with Gasteiger partial charge in [-0.1, -0.05) is 0 Å². The van der Waals surface area contributed by atoms with Gasteiger partial charge in [-0.2, -0.15) is 5.10 Å². The Morgan fingerprint density at radius 2 is 2.35 bits per heavy atom. The molecule has 0 amide bonds. The van der Waals surface area contributed by atoms with E-state index in [1.54, 1.807) is 6.20 Å². The van der Waals surface area contributed by atoms with Crippen LogP contribution in [0.5, 0.6) is 0 Å². The van der Waals surface area contributed by atoms with Gasteiger partial charge in [0, 0.05) is 30.4 Å². The molecule has 1 atom stereocenters. The highest BCUT2D eigenvalue weighted by Crippen LogP contribution is 2.21. The first kappa shape index (κ1) is 11.6. The van der Waals surface area contributed by atoms with E-state index in [9.17, 15) is 0 Å². The van der Waals surface area contributed by atoms with Crippen molar-refractivity contribution in [1.82, 2.24) is 19.9 Å². The Kier molecular flexibility index (Phi) is 3.73. The third kappa shape index (κ3) is 2.45. The van der Waals surface area contributed by atoms with Crippen LogP contribution in [0.2, 0.25) is 0 Å². The standard InChI is InChI=1S/C13H16N4/c1-3-4-5-6-12(14-2)11-9-16-17-8-7-15-10-13(11)17/h7-10,12,14H,5-6H2,1-2H3. The molecule has 0 aliphatic carbocycles. The Morgan fingerprint density at radius 1 is 1.47 bits per heavy atom. The molecule has 4 heteroatoms. The van der Waals surface area contributed by atoms with Crippen LogP contribution in [0.15, 0.2) is 24.8 Å². The SMILES string of the molecule is CC#CCCC(NC)c1cnn2ccncc12. The Labute approximate surface area is 101 Å². The van der Waals surface area contributed by atoms with Crippen LogP contribution >= 0.6 is 0 Å². The quantitative estimate of drug-likeness (QED) is 0.811. The highest BCUT2D eigenvalue weighted by Gasteiger charge is 2.13. The van der Waals surface area contributed by atoms with Crippen LogP contribution in [0.3, 0.4) is 0 Å². The molecule has 0 spiro atoms. The minimum Gasteiger partial charge on any atom is -0.313 e. The zero-order valence-electron chi connectivity index (χ0n) is 10.1. The van der Waals surface area contributed by atoms with E-state index >= 15 is 0 Å². The molecule has 0 fully saturated rings. The molecule has 2 aromatic rings. The summed E-state index contributed by atoms with van der Waals surface area (Å²) in [6.45, 7) is 1.87. The van der Waals surface area contributed by atoms with Crippen molar-refractivity contribution in [3.8, 4) is 11.8 Å². The van der Waals surface area contributed by atoms with Gasteiger partial charge in [0.25, 0.3) is 0 Å². The third-order valence-electron chi connectivity index (χ3n) is 2.81. The van der Waals surface area contributed by atoms with Gasteiger partial charge < -0.3 is 5.32 Å². The average molecular weight is 228 g/mol. The second-order valence-electron chi connectivity index (χ2n) is 3.81. The molecular formula is C13H16N4. The monoisotopic (exact) mass is 228 g/mol. The fourth-order valence-electron chi connectivity index (χ4n) is 1.92. The minimum absolute atomic E-state index is 0.276. The highest BCUT2D eigenvalue weighted by molar-refractivity contribution is 5.53. The number of aromatic nitrogens is 3. The zero-order valence-corrected chi connectivity index (χ0v) is 10.1. The van der Waals surface area contributed by atoms with E-state index in [4.69, 9.17) is 0 Å². The van der Waals surface area contributed by atoms with Crippen molar-refractivity contribution >= 4 is 5.52 Å². The highest BCUT2D eigenvalue weighted by atomic mass is 15.2. The molecule has 0 saturated heterocycles. The van der Waals surface area contributed by atoms with Crippen molar-refractivity contribution in [1.29, 1.82) is 0 Å².